The molecule has 0 aliphatic heterocycles. The number of hydrogen-bond donors (Lipinski definition) is 2. The molecule has 7 nitrogen and oxygen atoms in total. The maximum Gasteiger partial charge on any atom is 0.262 e. The highest BCUT2D eigenvalue weighted by atomic mass is 16.5. The second-order valence-electron chi connectivity index (χ2n) is 6.47. The summed E-state index contributed by atoms with van der Waals surface area (Å²) in [6, 6.07) is 13.0. The highest BCUT2D eigenvalue weighted by molar-refractivity contribution is 5.80. The summed E-state index contributed by atoms with van der Waals surface area (Å²) in [6.07, 6.45) is 0.171. The van der Waals surface area contributed by atoms with Gasteiger partial charge in [-0.1, -0.05) is 24.3 Å². The van der Waals surface area contributed by atoms with Crippen LogP contribution in [0.2, 0.25) is 0 Å². The van der Waals surface area contributed by atoms with E-state index in [-0.39, 0.29) is 24.5 Å². The number of nitrogens with zero attached hydrogens (tertiary/aromatic N) is 2. The molecule has 0 fully saturated rings. The van der Waals surface area contributed by atoms with E-state index in [2.05, 4.69) is 15.8 Å². The third kappa shape index (κ3) is 4.14. The fourth-order valence-corrected chi connectivity index (χ4v) is 2.88. The summed E-state index contributed by atoms with van der Waals surface area (Å²) in [5.74, 6) is 0.821. The first-order valence-electron chi connectivity index (χ1n) is 9.24. The summed E-state index contributed by atoms with van der Waals surface area (Å²) in [7, 11) is 0. The number of carbonyl (C=O) groups is 1. The molecule has 0 bridgehead atoms. The molecule has 1 aromatic heterocycles. The summed E-state index contributed by atoms with van der Waals surface area (Å²) >= 11 is 0. The number of ether oxygens (including phenoxy) is 1. The number of carbonyl (C=O) groups excluding carboxylic acids is 1. The van der Waals surface area contributed by atoms with Crippen molar-refractivity contribution < 1.29 is 9.53 Å². The Hall–Kier alpha value is -3.35. The minimum Gasteiger partial charge on any atom is -0.493 e. The highest BCUT2D eigenvalue weighted by Gasteiger charge is 2.10. The molecule has 2 aromatic carbocycles. The molecule has 0 spiro atoms. The van der Waals surface area contributed by atoms with Crippen molar-refractivity contribution in [1.29, 1.82) is 0 Å². The molecule has 2 N–H and O–H groups in total. The van der Waals surface area contributed by atoms with E-state index in [9.17, 15) is 9.59 Å². The van der Waals surface area contributed by atoms with E-state index >= 15 is 0 Å². The Labute approximate surface area is 163 Å². The van der Waals surface area contributed by atoms with Gasteiger partial charge in [0.25, 0.3) is 5.56 Å². The molecule has 0 aliphatic rings. The van der Waals surface area contributed by atoms with E-state index in [0.717, 1.165) is 16.9 Å². The number of fused-ring (bicyclic) bond motifs is 1. The van der Waals surface area contributed by atoms with Crippen molar-refractivity contribution in [2.45, 2.75) is 33.7 Å². The first kappa shape index (κ1) is 19.4. The number of rotatable bonds is 7. The van der Waals surface area contributed by atoms with E-state index in [1.165, 1.54) is 4.57 Å². The van der Waals surface area contributed by atoms with Crippen LogP contribution >= 0.6 is 0 Å². The minimum atomic E-state index is -0.254. The molecule has 3 rings (SSSR count). The van der Waals surface area contributed by atoms with E-state index in [1.807, 2.05) is 45.0 Å². The standard InChI is InChI=1S/C21H24N4O3/c1-4-25-20(27)16-9-5-6-10-17(16)22-21(25)24-23-19(26)12-13-28-18-11-7-8-14(2)15(18)3/h5-11H,4,12-13H2,1-3H3,(H,22,24)(H,23,26). The maximum atomic E-state index is 12.6. The van der Waals surface area contributed by atoms with Crippen LogP contribution < -0.4 is 21.1 Å². The number of benzene rings is 2. The van der Waals surface area contributed by atoms with Gasteiger partial charge in [-0.25, -0.2) is 4.98 Å². The lowest BCUT2D eigenvalue weighted by molar-refractivity contribution is -0.121. The van der Waals surface area contributed by atoms with Gasteiger partial charge in [-0.05, 0) is 50.1 Å². The Kier molecular flexibility index (Phi) is 5.93. The zero-order chi connectivity index (χ0) is 20.1. The average Bonchev–Trinajstić information content (AvgIpc) is 2.70. The number of nitrogens with one attached hydrogen (secondary N) is 2. The lowest BCUT2D eigenvalue weighted by Crippen LogP contribution is -2.34. The van der Waals surface area contributed by atoms with Crippen LogP contribution in [0.3, 0.4) is 0 Å². The summed E-state index contributed by atoms with van der Waals surface area (Å²) in [5.41, 5.74) is 7.98. The van der Waals surface area contributed by atoms with Gasteiger partial charge in [-0.15, -0.1) is 0 Å². The van der Waals surface area contributed by atoms with Crippen molar-refractivity contribution in [3.63, 3.8) is 0 Å². The number of aromatic nitrogens is 2. The fraction of sp³-hybridized carbons (Fsp3) is 0.286. The summed E-state index contributed by atoms with van der Waals surface area (Å²) in [5, 5.41) is 0.545. The molecule has 0 radical (unpaired) electrons. The Bertz CT molecular complexity index is 1060. The molecule has 0 atom stereocenters. The predicted molar refractivity (Wildman–Crippen MR) is 109 cm³/mol. The third-order valence-corrected chi connectivity index (χ3v) is 4.63. The summed E-state index contributed by atoms with van der Waals surface area (Å²) in [6.45, 7) is 6.54. The van der Waals surface area contributed by atoms with E-state index in [0.29, 0.717) is 23.4 Å². The molecular formula is C21H24N4O3. The van der Waals surface area contributed by atoms with Crippen molar-refractivity contribution >= 4 is 22.8 Å². The van der Waals surface area contributed by atoms with E-state index in [4.69, 9.17) is 4.74 Å². The molecule has 3 aromatic rings. The SMILES string of the molecule is CCn1c(NNC(=O)CCOc2cccc(C)c2C)nc2ccccc2c1=O. The topological polar surface area (TPSA) is 85.2 Å². The molecule has 28 heavy (non-hydrogen) atoms. The van der Waals surface area contributed by atoms with Gasteiger partial charge in [0.15, 0.2) is 0 Å². The predicted octanol–water partition coefficient (Wildman–Crippen LogP) is 2.95. The van der Waals surface area contributed by atoms with Crippen LogP contribution in [-0.4, -0.2) is 22.1 Å². The van der Waals surface area contributed by atoms with Crippen LogP contribution in [0.4, 0.5) is 5.95 Å². The van der Waals surface area contributed by atoms with Crippen LogP contribution in [0.1, 0.15) is 24.5 Å². The molecule has 146 valence electrons. The number of aryl methyl sites for hydroxylation is 1. The van der Waals surface area contributed by atoms with Crippen LogP contribution in [0, 0.1) is 13.8 Å². The molecule has 0 aliphatic carbocycles. The van der Waals surface area contributed by atoms with Crippen LogP contribution in [-0.2, 0) is 11.3 Å². The number of para-hydroxylation sites is 1. The van der Waals surface area contributed by atoms with Gasteiger partial charge < -0.3 is 4.74 Å². The van der Waals surface area contributed by atoms with Crippen molar-refractivity contribution in [2.75, 3.05) is 12.0 Å². The molecule has 0 unspecified atom stereocenters. The van der Waals surface area contributed by atoms with Crippen molar-refractivity contribution in [2.24, 2.45) is 0 Å². The normalized spacial score (nSPS) is 10.7. The largest absolute Gasteiger partial charge is 0.493 e. The second kappa shape index (κ2) is 8.56. The number of hydrazine groups is 1. The molecular weight excluding hydrogens is 356 g/mol. The smallest absolute Gasteiger partial charge is 0.262 e. The van der Waals surface area contributed by atoms with Crippen molar-refractivity contribution in [3.05, 3.63) is 63.9 Å². The Morgan fingerprint density at radius 3 is 2.71 bits per heavy atom. The molecule has 1 heterocycles. The van der Waals surface area contributed by atoms with E-state index in [1.54, 1.807) is 18.2 Å². The van der Waals surface area contributed by atoms with Crippen molar-refractivity contribution in [3.8, 4) is 5.75 Å². The lowest BCUT2D eigenvalue weighted by Gasteiger charge is -2.14. The second-order valence-corrected chi connectivity index (χ2v) is 6.47. The number of anilines is 1. The Balaban J connectivity index is 1.61. The van der Waals surface area contributed by atoms with Gasteiger partial charge in [-0.3, -0.25) is 25.0 Å². The fourth-order valence-electron chi connectivity index (χ4n) is 2.88. The molecule has 7 heteroatoms. The Morgan fingerprint density at radius 1 is 1.14 bits per heavy atom. The number of amides is 1. The minimum absolute atomic E-state index is 0.150. The molecule has 0 saturated heterocycles. The van der Waals surface area contributed by atoms with E-state index < -0.39 is 0 Å². The van der Waals surface area contributed by atoms with Crippen LogP contribution in [0.15, 0.2) is 47.3 Å². The summed E-state index contributed by atoms with van der Waals surface area (Å²) in [4.78, 5) is 29.1. The average molecular weight is 380 g/mol. The molecule has 0 saturated carbocycles. The number of hydrogen-bond acceptors (Lipinski definition) is 5. The van der Waals surface area contributed by atoms with Crippen molar-refractivity contribution in [1.82, 2.24) is 15.0 Å². The highest BCUT2D eigenvalue weighted by Crippen LogP contribution is 2.20. The lowest BCUT2D eigenvalue weighted by atomic mass is 10.1. The van der Waals surface area contributed by atoms with Gasteiger partial charge in [-0.2, -0.15) is 0 Å². The van der Waals surface area contributed by atoms with Gasteiger partial charge >= 0.3 is 0 Å². The maximum absolute atomic E-state index is 12.6. The monoisotopic (exact) mass is 380 g/mol. The summed E-state index contributed by atoms with van der Waals surface area (Å²) < 4.78 is 7.18. The first-order chi connectivity index (χ1) is 13.5. The third-order valence-electron chi connectivity index (χ3n) is 4.63. The zero-order valence-electron chi connectivity index (χ0n) is 16.3. The zero-order valence-corrected chi connectivity index (χ0v) is 16.3. The van der Waals surface area contributed by atoms with Gasteiger partial charge in [0.1, 0.15) is 5.75 Å². The quantitative estimate of drug-likeness (QED) is 0.616. The van der Waals surface area contributed by atoms with Crippen LogP contribution in [0.25, 0.3) is 10.9 Å². The van der Waals surface area contributed by atoms with Gasteiger partial charge in [0.05, 0.1) is 23.9 Å². The molecule has 1 amide bonds. The Morgan fingerprint density at radius 2 is 1.93 bits per heavy atom. The van der Waals surface area contributed by atoms with Gasteiger partial charge in [0.2, 0.25) is 11.9 Å². The van der Waals surface area contributed by atoms with Gasteiger partial charge in [0, 0.05) is 6.54 Å². The van der Waals surface area contributed by atoms with Crippen LogP contribution in [0.5, 0.6) is 5.75 Å². The first-order valence-corrected chi connectivity index (χ1v) is 9.24.